The lowest BCUT2D eigenvalue weighted by atomic mass is 9.85. The Labute approximate surface area is 114 Å². The van der Waals surface area contributed by atoms with Gasteiger partial charge in [-0.2, -0.15) is 5.10 Å². The van der Waals surface area contributed by atoms with Gasteiger partial charge in [0.1, 0.15) is 0 Å². The monoisotopic (exact) mass is 255 g/mol. The first-order valence-electron chi connectivity index (χ1n) is 6.83. The van der Waals surface area contributed by atoms with Crippen LogP contribution in [0.5, 0.6) is 0 Å². The molecule has 1 aliphatic rings. The lowest BCUT2D eigenvalue weighted by Gasteiger charge is -2.28. The molecule has 19 heavy (non-hydrogen) atoms. The highest BCUT2D eigenvalue weighted by Crippen LogP contribution is 2.24. The summed E-state index contributed by atoms with van der Waals surface area (Å²) >= 11 is 0. The first-order valence-corrected chi connectivity index (χ1v) is 6.83. The molecule has 1 radical (unpaired) electrons. The van der Waals surface area contributed by atoms with E-state index < -0.39 is 0 Å². The Morgan fingerprint density at radius 1 is 1.32 bits per heavy atom. The molecule has 0 spiro atoms. The van der Waals surface area contributed by atoms with Crippen LogP contribution in [0.3, 0.4) is 0 Å². The fourth-order valence-corrected chi connectivity index (χ4v) is 2.54. The standard InChI is InChI=1S/C16H19N2O/c1-13-7-10-19-12-15(13)11-14-3-5-16(6-4-14)18-9-2-8-17-18/h2-9,13,15H,10-12H2,1H3. The van der Waals surface area contributed by atoms with E-state index in [1.54, 1.807) is 6.20 Å². The third kappa shape index (κ3) is 2.87. The minimum absolute atomic E-state index is 0.601. The second-order valence-electron chi connectivity index (χ2n) is 5.21. The van der Waals surface area contributed by atoms with Crippen molar-refractivity contribution in [3.05, 3.63) is 54.7 Å². The molecule has 1 aromatic heterocycles. The van der Waals surface area contributed by atoms with Gasteiger partial charge in [-0.05, 0) is 48.4 Å². The van der Waals surface area contributed by atoms with Crippen LogP contribution >= 0.6 is 0 Å². The number of rotatable bonds is 3. The Bertz CT molecular complexity index is 504. The number of hydrogen-bond acceptors (Lipinski definition) is 2. The normalized spacial score (nSPS) is 23.4. The number of nitrogens with zero attached hydrogens (tertiary/aromatic N) is 2. The van der Waals surface area contributed by atoms with Crippen LogP contribution in [0.25, 0.3) is 5.69 Å². The van der Waals surface area contributed by atoms with Crippen LogP contribution in [-0.2, 0) is 11.2 Å². The average Bonchev–Trinajstić information content (AvgIpc) is 2.96. The predicted molar refractivity (Wildman–Crippen MR) is 75.0 cm³/mol. The van der Waals surface area contributed by atoms with Crippen molar-refractivity contribution in [2.75, 3.05) is 13.2 Å². The molecule has 1 fully saturated rings. The smallest absolute Gasteiger partial charge is 0.0645 e. The van der Waals surface area contributed by atoms with Crippen LogP contribution in [-0.4, -0.2) is 23.0 Å². The van der Waals surface area contributed by atoms with Crippen molar-refractivity contribution in [3.8, 4) is 5.69 Å². The third-order valence-electron chi connectivity index (χ3n) is 3.86. The van der Waals surface area contributed by atoms with Gasteiger partial charge in [-0.3, -0.25) is 0 Å². The van der Waals surface area contributed by atoms with E-state index in [2.05, 4.69) is 42.7 Å². The topological polar surface area (TPSA) is 27.1 Å². The summed E-state index contributed by atoms with van der Waals surface area (Å²) in [5.74, 6) is 1.24. The van der Waals surface area contributed by atoms with E-state index in [1.165, 1.54) is 5.56 Å². The molecule has 1 aliphatic heterocycles. The Kier molecular flexibility index (Phi) is 3.65. The molecule has 0 aliphatic carbocycles. The minimum Gasteiger partial charge on any atom is -0.381 e. The van der Waals surface area contributed by atoms with Crippen molar-refractivity contribution >= 4 is 0 Å². The number of aromatic nitrogens is 2. The number of ether oxygens (including phenoxy) is 1. The van der Waals surface area contributed by atoms with Crippen molar-refractivity contribution in [2.24, 2.45) is 11.8 Å². The first kappa shape index (κ1) is 12.4. The lowest BCUT2D eigenvalue weighted by molar-refractivity contribution is 0.0584. The van der Waals surface area contributed by atoms with Gasteiger partial charge in [0, 0.05) is 19.0 Å². The van der Waals surface area contributed by atoms with Crippen molar-refractivity contribution < 1.29 is 4.74 Å². The molecule has 1 aromatic carbocycles. The van der Waals surface area contributed by atoms with E-state index in [1.807, 2.05) is 16.9 Å². The van der Waals surface area contributed by atoms with Crippen molar-refractivity contribution in [1.82, 2.24) is 9.78 Å². The van der Waals surface area contributed by atoms with Gasteiger partial charge in [-0.25, -0.2) is 4.68 Å². The summed E-state index contributed by atoms with van der Waals surface area (Å²) in [5, 5.41) is 4.24. The summed E-state index contributed by atoms with van der Waals surface area (Å²) in [6.07, 6.45) is 7.11. The van der Waals surface area contributed by atoms with E-state index in [9.17, 15) is 0 Å². The van der Waals surface area contributed by atoms with E-state index in [-0.39, 0.29) is 0 Å². The average molecular weight is 255 g/mol. The number of benzene rings is 1. The molecule has 3 nitrogen and oxygen atoms in total. The molecule has 0 bridgehead atoms. The second-order valence-corrected chi connectivity index (χ2v) is 5.21. The fraction of sp³-hybridized carbons (Fsp3) is 0.375. The maximum Gasteiger partial charge on any atom is 0.0645 e. The molecule has 0 saturated carbocycles. The van der Waals surface area contributed by atoms with Gasteiger partial charge in [-0.15, -0.1) is 0 Å². The van der Waals surface area contributed by atoms with Gasteiger partial charge in [0.15, 0.2) is 0 Å². The van der Waals surface area contributed by atoms with Crippen LogP contribution in [0.4, 0.5) is 0 Å². The zero-order chi connectivity index (χ0) is 13.1. The zero-order valence-electron chi connectivity index (χ0n) is 11.2. The molecule has 0 N–H and O–H groups in total. The first-order chi connectivity index (χ1) is 9.33. The Morgan fingerprint density at radius 2 is 2.16 bits per heavy atom. The Balaban J connectivity index is 1.69. The van der Waals surface area contributed by atoms with Crippen LogP contribution in [0.2, 0.25) is 0 Å². The largest absolute Gasteiger partial charge is 0.381 e. The highest BCUT2D eigenvalue weighted by Gasteiger charge is 2.22. The SMILES string of the molecule is CC1[CH]COCC1Cc1ccc(-n2cccn2)cc1. The highest BCUT2D eigenvalue weighted by atomic mass is 16.5. The molecular formula is C16H19N2O. The molecule has 2 heterocycles. The van der Waals surface area contributed by atoms with E-state index in [4.69, 9.17) is 4.74 Å². The van der Waals surface area contributed by atoms with Gasteiger partial charge < -0.3 is 4.74 Å². The molecular weight excluding hydrogens is 236 g/mol. The molecule has 99 valence electrons. The minimum atomic E-state index is 0.601. The van der Waals surface area contributed by atoms with Crippen LogP contribution in [0.15, 0.2) is 42.7 Å². The zero-order valence-corrected chi connectivity index (χ0v) is 11.2. The van der Waals surface area contributed by atoms with Gasteiger partial charge in [0.05, 0.1) is 12.3 Å². The fourth-order valence-electron chi connectivity index (χ4n) is 2.54. The summed E-state index contributed by atoms with van der Waals surface area (Å²) in [5.41, 5.74) is 2.47. The molecule has 2 aromatic rings. The van der Waals surface area contributed by atoms with Crippen molar-refractivity contribution in [3.63, 3.8) is 0 Å². The Morgan fingerprint density at radius 3 is 2.84 bits per heavy atom. The second kappa shape index (κ2) is 5.57. The van der Waals surface area contributed by atoms with E-state index >= 15 is 0 Å². The summed E-state index contributed by atoms with van der Waals surface area (Å²) < 4.78 is 7.42. The quantitative estimate of drug-likeness (QED) is 0.843. The summed E-state index contributed by atoms with van der Waals surface area (Å²) in [7, 11) is 0. The summed E-state index contributed by atoms with van der Waals surface area (Å²) in [6, 6.07) is 10.6. The van der Waals surface area contributed by atoms with Gasteiger partial charge in [0.25, 0.3) is 0 Å². The van der Waals surface area contributed by atoms with Crippen LogP contribution < -0.4 is 0 Å². The van der Waals surface area contributed by atoms with Crippen molar-refractivity contribution in [1.29, 1.82) is 0 Å². The maximum atomic E-state index is 5.54. The number of hydrogen-bond donors (Lipinski definition) is 0. The molecule has 2 atom stereocenters. The highest BCUT2D eigenvalue weighted by molar-refractivity contribution is 5.34. The molecule has 0 amide bonds. The van der Waals surface area contributed by atoms with Crippen molar-refractivity contribution in [2.45, 2.75) is 13.3 Å². The molecule has 3 rings (SSSR count). The molecule has 2 unspecified atom stereocenters. The predicted octanol–water partition coefficient (Wildman–Crippen LogP) is 2.90. The molecule has 1 saturated heterocycles. The third-order valence-corrected chi connectivity index (χ3v) is 3.86. The summed E-state index contributed by atoms with van der Waals surface area (Å²) in [4.78, 5) is 0. The molecule has 3 heteroatoms. The summed E-state index contributed by atoms with van der Waals surface area (Å²) in [6.45, 7) is 3.96. The van der Waals surface area contributed by atoms with Gasteiger partial charge in [-0.1, -0.05) is 19.1 Å². The van der Waals surface area contributed by atoms with E-state index in [0.29, 0.717) is 11.8 Å². The Hall–Kier alpha value is -1.61. The van der Waals surface area contributed by atoms with Gasteiger partial charge in [0.2, 0.25) is 0 Å². The van der Waals surface area contributed by atoms with Crippen LogP contribution in [0, 0.1) is 18.3 Å². The van der Waals surface area contributed by atoms with E-state index in [0.717, 1.165) is 25.3 Å². The van der Waals surface area contributed by atoms with Gasteiger partial charge >= 0.3 is 0 Å². The lowest BCUT2D eigenvalue weighted by Crippen LogP contribution is -2.27. The van der Waals surface area contributed by atoms with Crippen LogP contribution in [0.1, 0.15) is 12.5 Å². The maximum absolute atomic E-state index is 5.54.